The van der Waals surface area contributed by atoms with E-state index in [1.807, 2.05) is 30.5 Å². The number of thioether (sulfide) groups is 1. The van der Waals surface area contributed by atoms with Gasteiger partial charge in [-0.25, -0.2) is 9.78 Å². The average molecular weight is 282 g/mol. The second-order valence-corrected chi connectivity index (χ2v) is 5.82. The zero-order valence-electron chi connectivity index (χ0n) is 9.92. The molecule has 1 heterocycles. The van der Waals surface area contributed by atoms with Gasteiger partial charge in [-0.05, 0) is 30.6 Å². The predicted molar refractivity (Wildman–Crippen MR) is 77.7 cm³/mol. The Labute approximate surface area is 113 Å². The van der Waals surface area contributed by atoms with Crippen LogP contribution in [0.1, 0.15) is 6.42 Å². The average Bonchev–Trinajstić information content (AvgIpc) is 2.76. The summed E-state index contributed by atoms with van der Waals surface area (Å²) >= 11 is 3.13. The summed E-state index contributed by atoms with van der Waals surface area (Å²) in [4.78, 5) is 15.5. The molecule has 1 aromatic carbocycles. The highest BCUT2D eigenvalue weighted by atomic mass is 32.2. The molecule has 2 N–H and O–H groups in total. The Morgan fingerprint density at radius 1 is 1.56 bits per heavy atom. The molecule has 0 radical (unpaired) electrons. The van der Waals surface area contributed by atoms with E-state index in [1.54, 1.807) is 11.8 Å². The van der Waals surface area contributed by atoms with Gasteiger partial charge in [0.2, 0.25) is 0 Å². The fourth-order valence-electron chi connectivity index (χ4n) is 1.58. The van der Waals surface area contributed by atoms with Gasteiger partial charge in [0.05, 0.1) is 10.2 Å². The lowest BCUT2D eigenvalue weighted by Crippen LogP contribution is -2.29. The monoisotopic (exact) mass is 282 g/mol. The highest BCUT2D eigenvalue weighted by molar-refractivity contribution is 7.98. The van der Waals surface area contributed by atoms with Gasteiger partial charge in [-0.1, -0.05) is 23.5 Å². The van der Waals surface area contributed by atoms with Crippen molar-refractivity contribution in [2.75, 3.05) is 17.3 Å². The summed E-state index contributed by atoms with van der Waals surface area (Å²) in [6, 6.07) is 7.21. The van der Waals surface area contributed by atoms with Crippen LogP contribution in [0.25, 0.3) is 10.2 Å². The fraction of sp³-hybridized carbons (Fsp3) is 0.333. The first-order chi connectivity index (χ1) is 8.70. The van der Waals surface area contributed by atoms with Crippen molar-refractivity contribution < 1.29 is 9.90 Å². The van der Waals surface area contributed by atoms with Crippen molar-refractivity contribution in [3.63, 3.8) is 0 Å². The van der Waals surface area contributed by atoms with E-state index in [-0.39, 0.29) is 0 Å². The summed E-state index contributed by atoms with van der Waals surface area (Å²) in [5, 5.41) is 12.8. The second-order valence-electron chi connectivity index (χ2n) is 3.80. The Balaban J connectivity index is 2.12. The van der Waals surface area contributed by atoms with Gasteiger partial charge in [-0.2, -0.15) is 11.8 Å². The van der Waals surface area contributed by atoms with Gasteiger partial charge in [-0.15, -0.1) is 0 Å². The third-order valence-electron chi connectivity index (χ3n) is 2.50. The number of aliphatic carboxylic acids is 1. The zero-order valence-corrected chi connectivity index (χ0v) is 11.6. The van der Waals surface area contributed by atoms with Gasteiger partial charge in [0, 0.05) is 0 Å². The lowest BCUT2D eigenvalue weighted by atomic mass is 10.2. The van der Waals surface area contributed by atoms with E-state index < -0.39 is 12.0 Å². The molecule has 1 atom stereocenters. The molecule has 0 saturated carbocycles. The molecule has 6 heteroatoms. The molecule has 0 aliphatic rings. The Morgan fingerprint density at radius 2 is 2.33 bits per heavy atom. The molecular weight excluding hydrogens is 268 g/mol. The van der Waals surface area contributed by atoms with Crippen molar-refractivity contribution in [1.82, 2.24) is 4.98 Å². The maximum absolute atomic E-state index is 11.1. The van der Waals surface area contributed by atoms with Crippen molar-refractivity contribution in [3.8, 4) is 0 Å². The van der Waals surface area contributed by atoms with Crippen molar-refractivity contribution in [2.24, 2.45) is 0 Å². The molecule has 2 aromatic rings. The highest BCUT2D eigenvalue weighted by Crippen LogP contribution is 2.26. The molecule has 0 bridgehead atoms. The number of anilines is 1. The smallest absolute Gasteiger partial charge is 0.326 e. The van der Waals surface area contributed by atoms with Crippen LogP contribution in [0.15, 0.2) is 24.3 Å². The third kappa shape index (κ3) is 3.14. The topological polar surface area (TPSA) is 62.2 Å². The molecule has 0 aliphatic carbocycles. The number of aromatic nitrogens is 1. The normalized spacial score (nSPS) is 12.5. The number of rotatable bonds is 6. The number of carboxylic acids is 1. The van der Waals surface area contributed by atoms with Crippen molar-refractivity contribution >= 4 is 44.4 Å². The first-order valence-corrected chi connectivity index (χ1v) is 7.75. The number of fused-ring (bicyclic) bond motifs is 1. The largest absolute Gasteiger partial charge is 0.480 e. The molecule has 96 valence electrons. The number of hydrogen-bond acceptors (Lipinski definition) is 5. The number of hydrogen-bond donors (Lipinski definition) is 2. The van der Waals surface area contributed by atoms with E-state index in [2.05, 4.69) is 10.3 Å². The van der Waals surface area contributed by atoms with Gasteiger partial charge < -0.3 is 10.4 Å². The number of benzene rings is 1. The Bertz CT molecular complexity index is 509. The van der Waals surface area contributed by atoms with Crippen LogP contribution < -0.4 is 5.32 Å². The van der Waals surface area contributed by atoms with Crippen LogP contribution in [0.5, 0.6) is 0 Å². The minimum absolute atomic E-state index is 0.571. The third-order valence-corrected chi connectivity index (χ3v) is 4.11. The zero-order chi connectivity index (χ0) is 13.0. The van der Waals surface area contributed by atoms with E-state index in [9.17, 15) is 4.79 Å². The first-order valence-electron chi connectivity index (χ1n) is 5.54. The van der Waals surface area contributed by atoms with Gasteiger partial charge in [0.25, 0.3) is 0 Å². The summed E-state index contributed by atoms with van der Waals surface area (Å²) in [6.07, 6.45) is 2.56. The molecule has 18 heavy (non-hydrogen) atoms. The molecule has 0 fully saturated rings. The number of nitrogens with zero attached hydrogens (tertiary/aromatic N) is 1. The Kier molecular flexibility index (Phi) is 4.43. The van der Waals surface area contributed by atoms with Crippen LogP contribution >= 0.6 is 23.1 Å². The molecular formula is C12H14N2O2S2. The van der Waals surface area contributed by atoms with E-state index >= 15 is 0 Å². The Morgan fingerprint density at radius 3 is 3.00 bits per heavy atom. The van der Waals surface area contributed by atoms with Gasteiger partial charge >= 0.3 is 5.97 Å². The number of carboxylic acid groups (broad SMARTS) is 1. The molecule has 1 aromatic heterocycles. The summed E-state index contributed by atoms with van der Waals surface area (Å²) in [7, 11) is 0. The summed E-state index contributed by atoms with van der Waals surface area (Å²) in [5.41, 5.74) is 0.902. The lowest BCUT2D eigenvalue weighted by molar-refractivity contribution is -0.137. The van der Waals surface area contributed by atoms with E-state index in [0.717, 1.165) is 16.0 Å². The number of para-hydroxylation sites is 1. The highest BCUT2D eigenvalue weighted by Gasteiger charge is 2.18. The van der Waals surface area contributed by atoms with Crippen LogP contribution in [0.2, 0.25) is 0 Å². The SMILES string of the molecule is CSCC[C@H](Nc1nc2ccccc2s1)C(=O)O. The predicted octanol–water partition coefficient (Wildman–Crippen LogP) is 2.91. The van der Waals surface area contributed by atoms with Crippen LogP contribution in [0.4, 0.5) is 5.13 Å². The van der Waals surface area contributed by atoms with Crippen molar-refractivity contribution in [1.29, 1.82) is 0 Å². The first kappa shape index (κ1) is 13.2. The molecule has 4 nitrogen and oxygen atoms in total. The van der Waals surface area contributed by atoms with Crippen LogP contribution in [-0.4, -0.2) is 34.1 Å². The maximum atomic E-state index is 11.1. The standard InChI is InChI=1S/C12H14N2O2S2/c1-17-7-6-9(11(15)16)14-12-13-8-4-2-3-5-10(8)18-12/h2-5,9H,6-7H2,1H3,(H,13,14)(H,15,16)/t9-/m0/s1. The summed E-state index contributed by atoms with van der Waals surface area (Å²) < 4.78 is 1.06. The molecule has 2 rings (SSSR count). The quantitative estimate of drug-likeness (QED) is 0.853. The van der Waals surface area contributed by atoms with Crippen molar-refractivity contribution in [3.05, 3.63) is 24.3 Å². The second kappa shape index (κ2) is 6.06. The van der Waals surface area contributed by atoms with Crippen LogP contribution in [0, 0.1) is 0 Å². The maximum Gasteiger partial charge on any atom is 0.326 e. The van der Waals surface area contributed by atoms with Crippen LogP contribution in [-0.2, 0) is 4.79 Å². The Hall–Kier alpha value is -1.27. The number of thiazole rings is 1. The molecule has 0 spiro atoms. The van der Waals surface area contributed by atoms with E-state index in [0.29, 0.717) is 11.6 Å². The summed E-state index contributed by atoms with van der Waals surface area (Å²) in [6.45, 7) is 0. The number of carbonyl (C=O) groups is 1. The van der Waals surface area contributed by atoms with E-state index in [4.69, 9.17) is 5.11 Å². The molecule has 0 saturated heterocycles. The van der Waals surface area contributed by atoms with Gasteiger partial charge in [-0.3, -0.25) is 0 Å². The molecule has 0 aliphatic heterocycles. The fourth-order valence-corrected chi connectivity index (χ4v) is 2.97. The molecule has 0 unspecified atom stereocenters. The minimum atomic E-state index is -0.830. The molecule has 0 amide bonds. The van der Waals surface area contributed by atoms with Gasteiger partial charge in [0.15, 0.2) is 5.13 Å². The summed E-state index contributed by atoms with van der Waals surface area (Å²) in [5.74, 6) is -0.0159. The minimum Gasteiger partial charge on any atom is -0.480 e. The lowest BCUT2D eigenvalue weighted by Gasteiger charge is -2.12. The van der Waals surface area contributed by atoms with E-state index in [1.165, 1.54) is 11.3 Å². The van der Waals surface area contributed by atoms with Crippen LogP contribution in [0.3, 0.4) is 0 Å². The number of nitrogens with one attached hydrogen (secondary N) is 1. The van der Waals surface area contributed by atoms with Crippen molar-refractivity contribution in [2.45, 2.75) is 12.5 Å². The van der Waals surface area contributed by atoms with Gasteiger partial charge in [0.1, 0.15) is 6.04 Å².